The first-order valence-corrected chi connectivity index (χ1v) is 5.08. The van der Waals surface area contributed by atoms with E-state index in [9.17, 15) is 4.79 Å². The van der Waals surface area contributed by atoms with Gasteiger partial charge in [0, 0.05) is 0 Å². The quantitative estimate of drug-likeness (QED) is 0.621. The molecule has 82 valence electrons. The molecule has 4 heteroatoms. The molecule has 1 aromatic carbocycles. The summed E-state index contributed by atoms with van der Waals surface area (Å²) in [5.74, 6) is -0.383. The van der Waals surface area contributed by atoms with E-state index in [2.05, 4.69) is 19.8 Å². The number of methoxy groups -OCH3 is 1. The fourth-order valence-electron chi connectivity index (χ4n) is 1.06. The summed E-state index contributed by atoms with van der Waals surface area (Å²) >= 11 is 10.3. The Labute approximate surface area is 101 Å². The predicted molar refractivity (Wildman–Crippen MR) is 57.7 cm³/mol. The summed E-state index contributed by atoms with van der Waals surface area (Å²) in [7, 11) is 1.34. The molecule has 0 fully saturated rings. The Bertz CT molecular complexity index is 413. The van der Waals surface area contributed by atoms with Crippen molar-refractivity contribution in [2.75, 3.05) is 7.11 Å². The van der Waals surface area contributed by atoms with E-state index in [1.54, 1.807) is 30.3 Å². The van der Waals surface area contributed by atoms with Crippen molar-refractivity contribution in [2.24, 2.45) is 0 Å². The van der Waals surface area contributed by atoms with E-state index in [-0.39, 0.29) is 5.97 Å². The molecule has 0 radical (unpaired) electrons. The van der Waals surface area contributed by atoms with Crippen LogP contribution in [0.25, 0.3) is 5.03 Å². The Kier molecular flexibility index (Phi) is 4.73. The molecular weight excluding hydrogens is 258 g/mol. The fraction of sp³-hybridized carbons (Fsp3) is 0.0909. The molecule has 0 aliphatic heterocycles. The number of rotatable bonds is 3. The molecular formula is C11H9ClNiO2. The van der Waals surface area contributed by atoms with Gasteiger partial charge in [-0.1, -0.05) is 0 Å². The molecule has 1 aromatic rings. The van der Waals surface area contributed by atoms with Crippen LogP contribution in [-0.2, 0) is 19.8 Å². The minimum absolute atomic E-state index is 0.383. The fourth-order valence-corrected chi connectivity index (χ4v) is 1.48. The van der Waals surface area contributed by atoms with E-state index in [0.29, 0.717) is 10.6 Å². The molecule has 0 bridgehead atoms. The van der Waals surface area contributed by atoms with Crippen molar-refractivity contribution in [3.05, 3.63) is 41.5 Å². The first kappa shape index (κ1) is 12.2. The number of hydrogen-bond acceptors (Lipinski definition) is 2. The number of esters is 1. The summed E-state index contributed by atoms with van der Waals surface area (Å²) in [6, 6.07) is 6.87. The van der Waals surface area contributed by atoms with Crippen LogP contribution in [0.1, 0.15) is 15.9 Å². The van der Waals surface area contributed by atoms with Gasteiger partial charge >= 0.3 is 101 Å². The second-order valence-corrected chi connectivity index (χ2v) is 3.43. The molecule has 0 saturated heterocycles. The summed E-state index contributed by atoms with van der Waals surface area (Å²) in [4.78, 5) is 12.7. The Hall–Kier alpha value is -0.916. The monoisotopic (exact) mass is 266 g/mol. The first-order chi connectivity index (χ1) is 7.19. The molecule has 0 aliphatic carbocycles. The van der Waals surface area contributed by atoms with Crippen molar-refractivity contribution in [1.82, 2.24) is 0 Å². The van der Waals surface area contributed by atoms with E-state index in [1.807, 2.05) is 0 Å². The Morgan fingerprint density at radius 3 is 2.73 bits per heavy atom. The van der Waals surface area contributed by atoms with Gasteiger partial charge in [-0.25, -0.2) is 0 Å². The number of hydrogen-bond donors (Lipinski definition) is 0. The summed E-state index contributed by atoms with van der Waals surface area (Å²) in [6.07, 6.45) is 1.61. The third-order valence-corrected chi connectivity index (χ3v) is 2.27. The summed E-state index contributed by atoms with van der Waals surface area (Å²) in [5.41, 5.74) is 1.21. The van der Waals surface area contributed by atoms with Crippen LogP contribution in [0.2, 0.25) is 0 Å². The van der Waals surface area contributed by atoms with Gasteiger partial charge in [-0.15, -0.1) is 0 Å². The summed E-state index contributed by atoms with van der Waals surface area (Å²) in [6.45, 7) is 0. The van der Waals surface area contributed by atoms with Crippen molar-refractivity contribution in [3.8, 4) is 0 Å². The molecule has 0 spiro atoms. The average Bonchev–Trinajstić information content (AvgIpc) is 2.28. The summed E-state index contributed by atoms with van der Waals surface area (Å²) in [5, 5.41) is 0.506. The zero-order chi connectivity index (χ0) is 11.3. The average molecular weight is 267 g/mol. The molecule has 0 N–H and O–H groups in total. The third-order valence-electron chi connectivity index (χ3n) is 1.76. The van der Waals surface area contributed by atoms with E-state index >= 15 is 0 Å². The van der Waals surface area contributed by atoms with Crippen molar-refractivity contribution in [1.29, 1.82) is 0 Å². The van der Waals surface area contributed by atoms with Gasteiger partial charge in [-0.3, -0.25) is 0 Å². The summed E-state index contributed by atoms with van der Waals surface area (Å²) < 4.78 is 4.60. The van der Waals surface area contributed by atoms with Crippen LogP contribution in [0.15, 0.2) is 30.3 Å². The van der Waals surface area contributed by atoms with E-state index < -0.39 is 0 Å². The second kappa shape index (κ2) is 5.84. The number of carbonyl (C=O) groups excluding carboxylic acids is 1. The predicted octanol–water partition coefficient (Wildman–Crippen LogP) is 2.40. The zero-order valence-electron chi connectivity index (χ0n) is 7.97. The first-order valence-electron chi connectivity index (χ1n) is 4.13. The van der Waals surface area contributed by atoms with Gasteiger partial charge in [-0.05, 0) is 0 Å². The molecule has 0 amide bonds. The third kappa shape index (κ3) is 3.30. The zero-order valence-corrected chi connectivity index (χ0v) is 9.72. The molecule has 0 aliphatic rings. The maximum absolute atomic E-state index is 11.2. The van der Waals surface area contributed by atoms with Crippen LogP contribution in [0.5, 0.6) is 0 Å². The number of benzene rings is 1. The standard InChI is InChI=1S/C11H9ClO2.Ni/c1-3-10(12)8-5-4-6-9(7-8)11(13)14-2;/h1,3-7H,2H3;/b10-3+;. The maximum atomic E-state index is 11.2. The Morgan fingerprint density at radius 2 is 2.13 bits per heavy atom. The van der Waals surface area contributed by atoms with Crippen molar-refractivity contribution in [3.63, 3.8) is 0 Å². The van der Waals surface area contributed by atoms with Crippen LogP contribution < -0.4 is 0 Å². The van der Waals surface area contributed by atoms with Crippen molar-refractivity contribution in [2.45, 2.75) is 0 Å². The van der Waals surface area contributed by atoms with Crippen LogP contribution in [0.3, 0.4) is 0 Å². The van der Waals surface area contributed by atoms with Gasteiger partial charge in [0.25, 0.3) is 0 Å². The molecule has 0 atom stereocenters. The normalized spacial score (nSPS) is 11.1. The van der Waals surface area contributed by atoms with E-state index in [4.69, 9.17) is 11.6 Å². The molecule has 2 nitrogen and oxygen atoms in total. The van der Waals surface area contributed by atoms with Crippen LogP contribution in [0.4, 0.5) is 0 Å². The molecule has 0 aromatic heterocycles. The van der Waals surface area contributed by atoms with Crippen LogP contribution in [-0.4, -0.2) is 18.1 Å². The molecule has 0 saturated carbocycles. The van der Waals surface area contributed by atoms with Crippen LogP contribution >= 0.6 is 11.6 Å². The topological polar surface area (TPSA) is 26.3 Å². The number of halogens is 1. The Morgan fingerprint density at radius 1 is 1.47 bits per heavy atom. The van der Waals surface area contributed by atoms with Crippen molar-refractivity contribution < 1.29 is 24.6 Å². The van der Waals surface area contributed by atoms with Gasteiger partial charge in [0.05, 0.1) is 0 Å². The number of allylic oxidation sites excluding steroid dienone is 1. The van der Waals surface area contributed by atoms with Gasteiger partial charge in [0.2, 0.25) is 0 Å². The number of ether oxygens (including phenoxy) is 1. The molecule has 15 heavy (non-hydrogen) atoms. The van der Waals surface area contributed by atoms with Gasteiger partial charge < -0.3 is 0 Å². The van der Waals surface area contributed by atoms with Gasteiger partial charge in [0.1, 0.15) is 0 Å². The molecule has 1 rings (SSSR count). The molecule has 0 heterocycles. The number of carbonyl (C=O) groups is 1. The second-order valence-electron chi connectivity index (χ2n) is 2.69. The van der Waals surface area contributed by atoms with Gasteiger partial charge in [-0.2, -0.15) is 0 Å². The van der Waals surface area contributed by atoms with Crippen LogP contribution in [0, 0.1) is 0 Å². The molecule has 0 unspecified atom stereocenters. The van der Waals surface area contributed by atoms with E-state index in [1.165, 1.54) is 12.1 Å². The van der Waals surface area contributed by atoms with Crippen molar-refractivity contribution >= 4 is 27.6 Å². The SMILES string of the molecule is COC(=O)c1cccc(/C(Cl)=C\[CH]=[Ni])c1. The Balaban J connectivity index is 3.07. The van der Waals surface area contributed by atoms with E-state index in [0.717, 1.165) is 5.56 Å². The minimum atomic E-state index is -0.383. The van der Waals surface area contributed by atoms with Gasteiger partial charge in [0.15, 0.2) is 0 Å².